The molecule has 1 saturated carbocycles. The summed E-state index contributed by atoms with van der Waals surface area (Å²) < 4.78 is 11.8. The fraction of sp³-hybridized carbons (Fsp3) is 0.600. The maximum atomic E-state index is 6.50. The Kier molecular flexibility index (Phi) is 5.55. The molecular weight excluding hydrogens is 328 g/mol. The average molecular weight is 348 g/mol. The molecule has 0 bridgehead atoms. The average Bonchev–Trinajstić information content (AvgIpc) is 2.36. The highest BCUT2D eigenvalue weighted by Gasteiger charge is 2.31. The lowest BCUT2D eigenvalue weighted by Crippen LogP contribution is -2.31. The summed E-state index contributed by atoms with van der Waals surface area (Å²) in [6.45, 7) is 2.86. The van der Waals surface area contributed by atoms with E-state index in [9.17, 15) is 0 Å². The molecule has 1 unspecified atom stereocenters. The zero-order valence-corrected chi connectivity index (χ0v) is 13.7. The number of benzene rings is 1. The molecule has 4 heteroatoms. The Morgan fingerprint density at radius 2 is 2.16 bits per heavy atom. The van der Waals surface area contributed by atoms with Crippen LogP contribution in [0.4, 0.5) is 0 Å². The third kappa shape index (κ3) is 3.87. The molecule has 0 amide bonds. The van der Waals surface area contributed by atoms with Gasteiger partial charge in [-0.25, -0.2) is 0 Å². The summed E-state index contributed by atoms with van der Waals surface area (Å²) in [5, 5.41) is 0.0646. The minimum Gasteiger partial charge on any atom is -0.496 e. The van der Waals surface area contributed by atoms with Crippen molar-refractivity contribution in [3.05, 3.63) is 28.2 Å². The van der Waals surface area contributed by atoms with Gasteiger partial charge in [-0.1, -0.05) is 6.07 Å². The number of methoxy groups -OCH3 is 1. The van der Waals surface area contributed by atoms with E-state index in [-0.39, 0.29) is 5.38 Å². The molecule has 1 aromatic rings. The molecule has 0 aromatic heterocycles. The molecule has 0 aliphatic heterocycles. The van der Waals surface area contributed by atoms with Crippen molar-refractivity contribution in [1.29, 1.82) is 0 Å². The summed E-state index contributed by atoms with van der Waals surface area (Å²) in [5.74, 6) is 1.53. The highest BCUT2D eigenvalue weighted by Crippen LogP contribution is 2.40. The van der Waals surface area contributed by atoms with Gasteiger partial charge in [0.15, 0.2) is 0 Å². The third-order valence-corrected chi connectivity index (χ3v) is 4.72. The molecule has 0 N–H and O–H groups in total. The number of hydrogen-bond acceptors (Lipinski definition) is 2. The summed E-state index contributed by atoms with van der Waals surface area (Å²) in [7, 11) is 1.67. The summed E-state index contributed by atoms with van der Waals surface area (Å²) in [6.07, 6.45) is 3.77. The smallest absolute Gasteiger partial charge is 0.133 e. The van der Waals surface area contributed by atoms with E-state index in [1.54, 1.807) is 7.11 Å². The topological polar surface area (TPSA) is 18.5 Å². The van der Waals surface area contributed by atoms with Crippen LogP contribution in [0.1, 0.15) is 37.1 Å². The minimum absolute atomic E-state index is 0.0646. The van der Waals surface area contributed by atoms with Gasteiger partial charge in [0.1, 0.15) is 5.75 Å². The van der Waals surface area contributed by atoms with Crippen LogP contribution in [0.5, 0.6) is 5.75 Å². The largest absolute Gasteiger partial charge is 0.496 e. The predicted molar refractivity (Wildman–Crippen MR) is 82.0 cm³/mol. The van der Waals surface area contributed by atoms with Gasteiger partial charge in [0, 0.05) is 6.61 Å². The van der Waals surface area contributed by atoms with Crippen LogP contribution in [0.3, 0.4) is 0 Å². The Bertz CT molecular complexity index is 419. The first-order chi connectivity index (χ1) is 9.13. The Labute approximate surface area is 128 Å². The van der Waals surface area contributed by atoms with Gasteiger partial charge >= 0.3 is 0 Å². The van der Waals surface area contributed by atoms with E-state index in [1.165, 1.54) is 0 Å². The summed E-state index contributed by atoms with van der Waals surface area (Å²) >= 11 is 10.0. The molecule has 1 fully saturated rings. The second-order valence-electron chi connectivity index (χ2n) is 5.01. The minimum atomic E-state index is 0.0646. The van der Waals surface area contributed by atoms with Crippen molar-refractivity contribution in [2.24, 2.45) is 5.92 Å². The number of rotatable bonds is 6. The van der Waals surface area contributed by atoms with Gasteiger partial charge in [-0.05, 0) is 65.7 Å². The second kappa shape index (κ2) is 6.96. The summed E-state index contributed by atoms with van der Waals surface area (Å²) in [6, 6.07) is 6.05. The highest BCUT2D eigenvalue weighted by molar-refractivity contribution is 9.10. The first-order valence-electron chi connectivity index (χ1n) is 6.73. The standard InChI is InChI=1S/C15H20BrClO2/c1-3-19-12-6-10(7-12)8-14(17)11-4-5-15(18-2)13(16)9-11/h4-5,9-10,12,14H,3,6-8H2,1-2H3. The fourth-order valence-corrected chi connectivity index (χ4v) is 3.49. The van der Waals surface area contributed by atoms with E-state index in [1.807, 2.05) is 19.1 Å². The number of ether oxygens (including phenoxy) is 2. The summed E-state index contributed by atoms with van der Waals surface area (Å²) in [4.78, 5) is 0. The van der Waals surface area contributed by atoms with Crippen LogP contribution in [-0.2, 0) is 4.74 Å². The Morgan fingerprint density at radius 3 is 2.74 bits per heavy atom. The monoisotopic (exact) mass is 346 g/mol. The summed E-state index contributed by atoms with van der Waals surface area (Å²) in [5.41, 5.74) is 1.15. The van der Waals surface area contributed by atoms with Crippen molar-refractivity contribution in [3.63, 3.8) is 0 Å². The number of halogens is 2. The van der Waals surface area contributed by atoms with Crippen LogP contribution in [0.15, 0.2) is 22.7 Å². The molecule has 0 saturated heterocycles. The van der Waals surface area contributed by atoms with E-state index in [2.05, 4.69) is 22.0 Å². The molecule has 1 atom stereocenters. The fourth-order valence-electron chi connectivity index (χ4n) is 2.54. The molecule has 19 heavy (non-hydrogen) atoms. The van der Waals surface area contributed by atoms with E-state index in [0.29, 0.717) is 12.0 Å². The zero-order chi connectivity index (χ0) is 13.8. The molecule has 2 nitrogen and oxygen atoms in total. The van der Waals surface area contributed by atoms with Gasteiger partial charge in [0.25, 0.3) is 0 Å². The zero-order valence-electron chi connectivity index (χ0n) is 11.4. The van der Waals surface area contributed by atoms with Crippen LogP contribution >= 0.6 is 27.5 Å². The molecule has 106 valence electrons. The molecule has 0 radical (unpaired) electrons. The number of hydrogen-bond donors (Lipinski definition) is 0. The maximum absolute atomic E-state index is 6.50. The normalized spacial score (nSPS) is 23.8. The first kappa shape index (κ1) is 15.1. The van der Waals surface area contributed by atoms with Gasteiger partial charge in [-0.15, -0.1) is 11.6 Å². The lowest BCUT2D eigenvalue weighted by molar-refractivity contribution is -0.0267. The SMILES string of the molecule is CCOC1CC(CC(Cl)c2ccc(OC)c(Br)c2)C1. The van der Waals surface area contributed by atoms with E-state index >= 15 is 0 Å². The lowest BCUT2D eigenvalue weighted by atomic mass is 9.78. The van der Waals surface area contributed by atoms with Gasteiger partial charge in [-0.2, -0.15) is 0 Å². The predicted octanol–water partition coefficient (Wildman–Crippen LogP) is 4.94. The molecule has 0 spiro atoms. The van der Waals surface area contributed by atoms with Gasteiger partial charge in [0.05, 0.1) is 23.1 Å². The molecular formula is C15H20BrClO2. The van der Waals surface area contributed by atoms with Gasteiger partial charge in [-0.3, -0.25) is 0 Å². The molecule has 0 heterocycles. The Balaban J connectivity index is 1.87. The van der Waals surface area contributed by atoms with Crippen LogP contribution in [0.25, 0.3) is 0 Å². The third-order valence-electron chi connectivity index (χ3n) is 3.67. The van der Waals surface area contributed by atoms with E-state index in [4.69, 9.17) is 21.1 Å². The molecule has 1 aliphatic rings. The van der Waals surface area contributed by atoms with Crippen molar-refractivity contribution in [2.45, 2.75) is 37.7 Å². The van der Waals surface area contributed by atoms with E-state index < -0.39 is 0 Å². The van der Waals surface area contributed by atoms with Gasteiger partial charge in [0.2, 0.25) is 0 Å². The number of alkyl halides is 1. The maximum Gasteiger partial charge on any atom is 0.133 e. The molecule has 1 aliphatic carbocycles. The Hall–Kier alpha value is -0.250. The van der Waals surface area contributed by atoms with Crippen molar-refractivity contribution < 1.29 is 9.47 Å². The molecule has 2 rings (SSSR count). The van der Waals surface area contributed by atoms with Crippen molar-refractivity contribution >= 4 is 27.5 Å². The van der Waals surface area contributed by atoms with Crippen molar-refractivity contribution in [3.8, 4) is 5.75 Å². The molecule has 1 aromatic carbocycles. The van der Waals surface area contributed by atoms with Gasteiger partial charge < -0.3 is 9.47 Å². The van der Waals surface area contributed by atoms with Crippen LogP contribution < -0.4 is 4.74 Å². The van der Waals surface area contributed by atoms with Crippen LogP contribution in [0.2, 0.25) is 0 Å². The van der Waals surface area contributed by atoms with E-state index in [0.717, 1.165) is 41.7 Å². The highest BCUT2D eigenvalue weighted by atomic mass is 79.9. The first-order valence-corrected chi connectivity index (χ1v) is 7.96. The lowest BCUT2D eigenvalue weighted by Gasteiger charge is -2.36. The quantitative estimate of drug-likeness (QED) is 0.678. The van der Waals surface area contributed by atoms with Crippen LogP contribution in [-0.4, -0.2) is 19.8 Å². The van der Waals surface area contributed by atoms with Crippen molar-refractivity contribution in [2.75, 3.05) is 13.7 Å². The van der Waals surface area contributed by atoms with Crippen molar-refractivity contribution in [1.82, 2.24) is 0 Å². The van der Waals surface area contributed by atoms with Crippen LogP contribution in [0, 0.1) is 5.92 Å². The Morgan fingerprint density at radius 1 is 1.42 bits per heavy atom. The second-order valence-corrected chi connectivity index (χ2v) is 6.39.